The van der Waals surface area contributed by atoms with Gasteiger partial charge in [0.2, 0.25) is 0 Å². The normalized spacial score (nSPS) is 23.4. The summed E-state index contributed by atoms with van der Waals surface area (Å²) in [6.07, 6.45) is 12.4. The van der Waals surface area contributed by atoms with Gasteiger partial charge in [-0.15, -0.1) is 0 Å². The molecular formula is C19H27N5O. The Kier molecular flexibility index (Phi) is 4.70. The van der Waals surface area contributed by atoms with Crippen molar-refractivity contribution in [1.29, 1.82) is 0 Å². The molecule has 0 radical (unpaired) electrons. The summed E-state index contributed by atoms with van der Waals surface area (Å²) < 4.78 is 3.83. The quantitative estimate of drug-likeness (QED) is 0.925. The van der Waals surface area contributed by atoms with Crippen LogP contribution in [0.5, 0.6) is 0 Å². The van der Waals surface area contributed by atoms with Crippen LogP contribution in [0.1, 0.15) is 61.6 Å². The molecule has 0 unspecified atom stereocenters. The second-order valence-electron chi connectivity index (χ2n) is 7.45. The number of rotatable bonds is 4. The largest absolute Gasteiger partial charge is 0.337 e. The van der Waals surface area contributed by atoms with Crippen molar-refractivity contribution in [2.45, 2.75) is 70.0 Å². The molecule has 0 spiro atoms. The molecular weight excluding hydrogens is 314 g/mol. The van der Waals surface area contributed by atoms with E-state index in [2.05, 4.69) is 14.9 Å². The van der Waals surface area contributed by atoms with Gasteiger partial charge in [-0.3, -0.25) is 4.79 Å². The third-order valence-electron chi connectivity index (χ3n) is 5.74. The van der Waals surface area contributed by atoms with Gasteiger partial charge < -0.3 is 9.88 Å². The molecule has 2 aliphatic rings. The van der Waals surface area contributed by atoms with Crippen molar-refractivity contribution in [3.05, 3.63) is 45.9 Å². The van der Waals surface area contributed by atoms with Crippen LogP contribution >= 0.6 is 0 Å². The van der Waals surface area contributed by atoms with Gasteiger partial charge in [0.15, 0.2) is 0 Å². The fraction of sp³-hybridized carbons (Fsp3) is 0.632. The summed E-state index contributed by atoms with van der Waals surface area (Å²) in [7, 11) is 2.02. The van der Waals surface area contributed by atoms with Gasteiger partial charge in [0.25, 0.3) is 5.56 Å². The molecule has 4 rings (SSSR count). The first kappa shape index (κ1) is 16.5. The highest BCUT2D eigenvalue weighted by Crippen LogP contribution is 2.28. The topological polar surface area (TPSA) is 64.7 Å². The average molecular weight is 341 g/mol. The lowest BCUT2D eigenvalue weighted by atomic mass is 9.91. The Morgan fingerprint density at radius 3 is 2.76 bits per heavy atom. The minimum Gasteiger partial charge on any atom is -0.337 e. The van der Waals surface area contributed by atoms with Crippen LogP contribution < -0.4 is 10.9 Å². The Morgan fingerprint density at radius 1 is 1.20 bits per heavy atom. The number of imidazole rings is 1. The highest BCUT2D eigenvalue weighted by Gasteiger charge is 2.25. The van der Waals surface area contributed by atoms with Crippen molar-refractivity contribution in [2.75, 3.05) is 0 Å². The number of nitrogens with one attached hydrogen (secondary N) is 1. The van der Waals surface area contributed by atoms with E-state index in [9.17, 15) is 4.79 Å². The van der Waals surface area contributed by atoms with Crippen LogP contribution in [0.15, 0.2) is 23.3 Å². The second-order valence-corrected chi connectivity index (χ2v) is 7.45. The molecule has 6 nitrogen and oxygen atoms in total. The van der Waals surface area contributed by atoms with Crippen LogP contribution in [0.3, 0.4) is 0 Å². The molecule has 2 aromatic rings. The van der Waals surface area contributed by atoms with E-state index in [1.54, 1.807) is 4.68 Å². The second kappa shape index (κ2) is 7.12. The van der Waals surface area contributed by atoms with Crippen LogP contribution in [0.4, 0.5) is 0 Å². The minimum atomic E-state index is 0.0880. The standard InChI is InChI=1S/C19H27N5O/c1-23-11-10-20-18(23)13-21-15-6-8-16(9-7-15)24-19(25)12-14-4-2-3-5-17(14)22-24/h10-12,15-16,21H,2-9,13H2,1H3. The highest BCUT2D eigenvalue weighted by molar-refractivity contribution is 5.20. The summed E-state index contributed by atoms with van der Waals surface area (Å²) in [4.78, 5) is 16.8. The number of fused-ring (bicyclic) bond motifs is 1. The van der Waals surface area contributed by atoms with Crippen molar-refractivity contribution in [3.63, 3.8) is 0 Å². The van der Waals surface area contributed by atoms with Crippen LogP contribution in [0.25, 0.3) is 0 Å². The Bertz CT molecular complexity index is 785. The molecule has 0 aromatic carbocycles. The van der Waals surface area contributed by atoms with E-state index < -0.39 is 0 Å². The Balaban J connectivity index is 1.37. The smallest absolute Gasteiger partial charge is 0.267 e. The Labute approximate surface area is 148 Å². The van der Waals surface area contributed by atoms with Crippen molar-refractivity contribution in [2.24, 2.45) is 7.05 Å². The molecule has 0 amide bonds. The maximum absolute atomic E-state index is 12.5. The third-order valence-corrected chi connectivity index (χ3v) is 5.74. The molecule has 6 heteroatoms. The van der Waals surface area contributed by atoms with E-state index in [1.807, 2.05) is 25.5 Å². The predicted molar refractivity (Wildman–Crippen MR) is 96.5 cm³/mol. The third kappa shape index (κ3) is 3.54. The van der Waals surface area contributed by atoms with Crippen LogP contribution in [-0.2, 0) is 26.4 Å². The zero-order chi connectivity index (χ0) is 17.2. The summed E-state index contributed by atoms with van der Waals surface area (Å²) in [5, 5.41) is 8.34. The average Bonchev–Trinajstić information content (AvgIpc) is 3.05. The number of hydrogen-bond donors (Lipinski definition) is 1. The lowest BCUT2D eigenvalue weighted by Crippen LogP contribution is -2.37. The number of aryl methyl sites for hydroxylation is 3. The van der Waals surface area contributed by atoms with E-state index in [-0.39, 0.29) is 11.6 Å². The van der Waals surface area contributed by atoms with Gasteiger partial charge >= 0.3 is 0 Å². The first-order valence-electron chi connectivity index (χ1n) is 9.52. The maximum Gasteiger partial charge on any atom is 0.267 e. The van der Waals surface area contributed by atoms with Gasteiger partial charge in [0.1, 0.15) is 5.82 Å². The van der Waals surface area contributed by atoms with Crippen molar-refractivity contribution in [3.8, 4) is 0 Å². The zero-order valence-electron chi connectivity index (χ0n) is 14.9. The molecule has 134 valence electrons. The van der Waals surface area contributed by atoms with E-state index in [4.69, 9.17) is 5.10 Å². The summed E-state index contributed by atoms with van der Waals surface area (Å²) in [6.45, 7) is 0.801. The summed E-state index contributed by atoms with van der Waals surface area (Å²) in [6, 6.07) is 2.60. The van der Waals surface area contributed by atoms with Gasteiger partial charge in [0, 0.05) is 31.5 Å². The van der Waals surface area contributed by atoms with E-state index in [0.717, 1.165) is 56.6 Å². The van der Waals surface area contributed by atoms with Crippen molar-refractivity contribution >= 4 is 0 Å². The monoisotopic (exact) mass is 341 g/mol. The van der Waals surface area contributed by atoms with Crippen LogP contribution in [-0.4, -0.2) is 25.4 Å². The zero-order valence-corrected chi connectivity index (χ0v) is 14.9. The Morgan fingerprint density at radius 2 is 2.00 bits per heavy atom. The molecule has 2 aromatic heterocycles. The molecule has 2 heterocycles. The van der Waals surface area contributed by atoms with E-state index in [1.165, 1.54) is 18.4 Å². The molecule has 1 N–H and O–H groups in total. The summed E-state index contributed by atoms with van der Waals surface area (Å²) in [5.41, 5.74) is 2.42. The molecule has 0 saturated heterocycles. The van der Waals surface area contributed by atoms with Gasteiger partial charge in [0.05, 0.1) is 18.3 Å². The molecule has 0 aliphatic heterocycles. The van der Waals surface area contributed by atoms with E-state index >= 15 is 0 Å². The molecule has 0 atom stereocenters. The lowest BCUT2D eigenvalue weighted by molar-refractivity contribution is 0.265. The van der Waals surface area contributed by atoms with Gasteiger partial charge in [-0.2, -0.15) is 5.10 Å². The summed E-state index contributed by atoms with van der Waals surface area (Å²) >= 11 is 0. The SMILES string of the molecule is Cn1ccnc1CNC1CCC(n2nc3c(cc2=O)CCCC3)CC1. The lowest BCUT2D eigenvalue weighted by Gasteiger charge is -2.30. The van der Waals surface area contributed by atoms with Crippen LogP contribution in [0.2, 0.25) is 0 Å². The van der Waals surface area contributed by atoms with Crippen molar-refractivity contribution in [1.82, 2.24) is 24.6 Å². The predicted octanol–water partition coefficient (Wildman–Crippen LogP) is 2.13. The molecule has 1 fully saturated rings. The first-order chi connectivity index (χ1) is 12.2. The molecule has 1 saturated carbocycles. The number of hydrogen-bond acceptors (Lipinski definition) is 4. The fourth-order valence-corrected chi connectivity index (χ4v) is 4.17. The molecule has 0 bridgehead atoms. The van der Waals surface area contributed by atoms with Gasteiger partial charge in [-0.05, 0) is 56.9 Å². The van der Waals surface area contributed by atoms with Crippen LogP contribution in [0, 0.1) is 0 Å². The van der Waals surface area contributed by atoms with Crippen molar-refractivity contribution < 1.29 is 0 Å². The highest BCUT2D eigenvalue weighted by atomic mass is 16.1. The maximum atomic E-state index is 12.5. The number of nitrogens with zero attached hydrogens (tertiary/aromatic N) is 4. The number of aromatic nitrogens is 4. The minimum absolute atomic E-state index is 0.0880. The Hall–Kier alpha value is -1.95. The summed E-state index contributed by atoms with van der Waals surface area (Å²) in [5.74, 6) is 1.06. The van der Waals surface area contributed by atoms with Gasteiger partial charge in [-0.1, -0.05) is 0 Å². The first-order valence-corrected chi connectivity index (χ1v) is 9.52. The molecule has 25 heavy (non-hydrogen) atoms. The molecule has 2 aliphatic carbocycles. The fourth-order valence-electron chi connectivity index (χ4n) is 4.17. The van der Waals surface area contributed by atoms with Gasteiger partial charge in [-0.25, -0.2) is 9.67 Å². The van der Waals surface area contributed by atoms with E-state index in [0.29, 0.717) is 6.04 Å².